The number of fused-ring (bicyclic) bond motifs is 1. The lowest BCUT2D eigenvalue weighted by atomic mass is 10.1. The molecule has 0 saturated carbocycles. The summed E-state index contributed by atoms with van der Waals surface area (Å²) in [5.41, 5.74) is 0.900. The minimum atomic E-state index is -0.0625. The molecule has 0 aliphatic heterocycles. The van der Waals surface area contributed by atoms with Crippen molar-refractivity contribution in [2.45, 2.75) is 5.16 Å². The number of nitrogens with zero attached hydrogens (tertiary/aromatic N) is 4. The van der Waals surface area contributed by atoms with Gasteiger partial charge >= 0.3 is 0 Å². The van der Waals surface area contributed by atoms with Crippen LogP contribution in [0.25, 0.3) is 16.5 Å². The van der Waals surface area contributed by atoms with Crippen LogP contribution in [0.4, 0.5) is 0 Å². The molecule has 7 heteroatoms. The van der Waals surface area contributed by atoms with E-state index in [0.29, 0.717) is 5.16 Å². The summed E-state index contributed by atoms with van der Waals surface area (Å²) in [5.74, 6) is 0.217. The SMILES string of the molecule is CNC(=O)CSc1nnnn1-c1cccc2ccccc12. The van der Waals surface area contributed by atoms with Crippen molar-refractivity contribution in [2.75, 3.05) is 12.8 Å². The van der Waals surface area contributed by atoms with Gasteiger partial charge in [-0.3, -0.25) is 4.79 Å². The Bertz CT molecular complexity index is 780. The Balaban J connectivity index is 2.00. The van der Waals surface area contributed by atoms with Crippen molar-refractivity contribution in [3.63, 3.8) is 0 Å². The van der Waals surface area contributed by atoms with E-state index in [-0.39, 0.29) is 11.7 Å². The molecule has 6 nitrogen and oxygen atoms in total. The standard InChI is InChI=1S/C14H13N5OS/c1-15-13(20)9-21-14-16-17-18-19(14)12-8-4-6-10-5-2-3-7-11(10)12/h2-8H,9H2,1H3,(H,15,20). The summed E-state index contributed by atoms with van der Waals surface area (Å²) in [5, 5.41) is 17.1. The van der Waals surface area contributed by atoms with Crippen molar-refractivity contribution < 1.29 is 4.79 Å². The van der Waals surface area contributed by atoms with Crippen molar-refractivity contribution in [1.29, 1.82) is 0 Å². The largest absolute Gasteiger partial charge is 0.358 e. The van der Waals surface area contributed by atoms with Gasteiger partial charge in [0, 0.05) is 12.4 Å². The zero-order chi connectivity index (χ0) is 14.7. The molecule has 1 heterocycles. The highest BCUT2D eigenvalue weighted by molar-refractivity contribution is 7.99. The maximum Gasteiger partial charge on any atom is 0.230 e. The summed E-state index contributed by atoms with van der Waals surface area (Å²) in [6.45, 7) is 0. The van der Waals surface area contributed by atoms with Gasteiger partial charge in [-0.1, -0.05) is 48.2 Å². The van der Waals surface area contributed by atoms with E-state index in [9.17, 15) is 4.79 Å². The highest BCUT2D eigenvalue weighted by Crippen LogP contribution is 2.24. The zero-order valence-electron chi connectivity index (χ0n) is 11.4. The summed E-state index contributed by atoms with van der Waals surface area (Å²) in [6.07, 6.45) is 0. The minimum Gasteiger partial charge on any atom is -0.358 e. The summed E-state index contributed by atoms with van der Waals surface area (Å²) in [6, 6.07) is 14.0. The lowest BCUT2D eigenvalue weighted by Crippen LogP contribution is -2.20. The molecule has 0 radical (unpaired) electrons. The molecule has 0 bridgehead atoms. The summed E-state index contributed by atoms with van der Waals surface area (Å²) < 4.78 is 1.66. The second kappa shape index (κ2) is 5.92. The van der Waals surface area contributed by atoms with Crippen molar-refractivity contribution in [2.24, 2.45) is 0 Å². The van der Waals surface area contributed by atoms with Crippen molar-refractivity contribution in [1.82, 2.24) is 25.5 Å². The Kier molecular flexibility index (Phi) is 3.83. The van der Waals surface area contributed by atoms with Gasteiger partial charge in [-0.15, -0.1) is 5.10 Å². The molecule has 0 spiro atoms. The zero-order valence-corrected chi connectivity index (χ0v) is 12.2. The van der Waals surface area contributed by atoms with Crippen LogP contribution in [-0.4, -0.2) is 38.9 Å². The average Bonchev–Trinajstić information content (AvgIpc) is 3.00. The van der Waals surface area contributed by atoms with E-state index in [1.54, 1.807) is 11.7 Å². The van der Waals surface area contributed by atoms with Gasteiger partial charge < -0.3 is 5.32 Å². The van der Waals surface area contributed by atoms with Crippen LogP contribution < -0.4 is 5.32 Å². The van der Waals surface area contributed by atoms with E-state index in [1.165, 1.54) is 11.8 Å². The third kappa shape index (κ3) is 2.73. The summed E-state index contributed by atoms with van der Waals surface area (Å²) >= 11 is 1.30. The van der Waals surface area contributed by atoms with Gasteiger partial charge in [-0.25, -0.2) is 0 Å². The molecule has 1 N–H and O–H groups in total. The van der Waals surface area contributed by atoms with E-state index in [2.05, 4.69) is 20.8 Å². The van der Waals surface area contributed by atoms with Crippen molar-refractivity contribution in [3.05, 3.63) is 42.5 Å². The Morgan fingerprint density at radius 2 is 2.05 bits per heavy atom. The molecular weight excluding hydrogens is 286 g/mol. The second-order valence-electron chi connectivity index (χ2n) is 4.33. The lowest BCUT2D eigenvalue weighted by Gasteiger charge is -2.07. The molecule has 1 aromatic heterocycles. The highest BCUT2D eigenvalue weighted by Gasteiger charge is 2.12. The molecule has 0 aliphatic carbocycles. The topological polar surface area (TPSA) is 72.7 Å². The Morgan fingerprint density at radius 3 is 2.90 bits per heavy atom. The quantitative estimate of drug-likeness (QED) is 0.742. The summed E-state index contributed by atoms with van der Waals surface area (Å²) in [7, 11) is 1.61. The molecule has 106 valence electrons. The number of hydrogen-bond acceptors (Lipinski definition) is 5. The number of nitrogens with one attached hydrogen (secondary N) is 1. The molecule has 21 heavy (non-hydrogen) atoms. The van der Waals surface area contributed by atoms with Crippen LogP contribution in [0.15, 0.2) is 47.6 Å². The first-order valence-electron chi connectivity index (χ1n) is 6.39. The number of benzene rings is 2. The molecule has 1 amide bonds. The van der Waals surface area contributed by atoms with Crippen molar-refractivity contribution in [3.8, 4) is 5.69 Å². The molecule has 0 aliphatic rings. The van der Waals surface area contributed by atoms with Gasteiger partial charge in [0.15, 0.2) is 0 Å². The van der Waals surface area contributed by atoms with Crippen LogP contribution in [0, 0.1) is 0 Å². The number of carbonyl (C=O) groups excluding carboxylic acids is 1. The number of amides is 1. The molecule has 0 atom stereocenters. The monoisotopic (exact) mass is 299 g/mol. The fourth-order valence-electron chi connectivity index (χ4n) is 2.02. The predicted molar refractivity (Wildman–Crippen MR) is 81.5 cm³/mol. The van der Waals surface area contributed by atoms with Gasteiger partial charge in [0.2, 0.25) is 11.1 Å². The van der Waals surface area contributed by atoms with Gasteiger partial charge in [0.05, 0.1) is 11.4 Å². The van der Waals surface area contributed by atoms with Crippen LogP contribution in [0.3, 0.4) is 0 Å². The Morgan fingerprint density at radius 1 is 1.24 bits per heavy atom. The number of tetrazole rings is 1. The molecule has 3 aromatic rings. The minimum absolute atomic E-state index is 0.0625. The Labute approximate surface area is 125 Å². The van der Waals surface area contributed by atoms with E-state index in [0.717, 1.165) is 16.5 Å². The average molecular weight is 299 g/mol. The summed E-state index contributed by atoms with van der Waals surface area (Å²) in [4.78, 5) is 11.4. The fourth-order valence-corrected chi connectivity index (χ4v) is 2.77. The van der Waals surface area contributed by atoms with Crippen LogP contribution in [-0.2, 0) is 4.79 Å². The molecular formula is C14H13N5OS. The van der Waals surface area contributed by atoms with Gasteiger partial charge in [-0.2, -0.15) is 4.68 Å². The van der Waals surface area contributed by atoms with E-state index < -0.39 is 0 Å². The van der Waals surface area contributed by atoms with Gasteiger partial charge in [0.1, 0.15) is 0 Å². The van der Waals surface area contributed by atoms with E-state index in [1.807, 2.05) is 42.5 Å². The smallest absolute Gasteiger partial charge is 0.230 e. The van der Waals surface area contributed by atoms with Crippen LogP contribution in [0.2, 0.25) is 0 Å². The third-order valence-electron chi connectivity index (χ3n) is 3.05. The van der Waals surface area contributed by atoms with E-state index in [4.69, 9.17) is 0 Å². The number of rotatable bonds is 4. The number of hydrogen-bond donors (Lipinski definition) is 1. The first-order valence-corrected chi connectivity index (χ1v) is 7.38. The molecule has 2 aromatic carbocycles. The second-order valence-corrected chi connectivity index (χ2v) is 5.28. The first-order chi connectivity index (χ1) is 10.3. The van der Waals surface area contributed by atoms with Crippen LogP contribution >= 0.6 is 11.8 Å². The molecule has 0 saturated heterocycles. The van der Waals surface area contributed by atoms with Crippen LogP contribution in [0.5, 0.6) is 0 Å². The maximum atomic E-state index is 11.4. The number of aromatic nitrogens is 4. The molecule has 0 unspecified atom stereocenters. The third-order valence-corrected chi connectivity index (χ3v) is 3.97. The first kappa shape index (κ1) is 13.6. The normalized spacial score (nSPS) is 10.7. The Hall–Kier alpha value is -2.41. The number of thioether (sulfide) groups is 1. The van der Waals surface area contributed by atoms with Gasteiger partial charge in [0.25, 0.3) is 0 Å². The fraction of sp³-hybridized carbons (Fsp3) is 0.143. The predicted octanol–water partition coefficient (Wildman–Crippen LogP) is 1.65. The molecule has 3 rings (SSSR count). The number of carbonyl (C=O) groups is 1. The van der Waals surface area contributed by atoms with Crippen molar-refractivity contribution >= 4 is 28.4 Å². The van der Waals surface area contributed by atoms with E-state index >= 15 is 0 Å². The maximum absolute atomic E-state index is 11.4. The highest BCUT2D eigenvalue weighted by atomic mass is 32.2. The molecule has 0 fully saturated rings. The lowest BCUT2D eigenvalue weighted by molar-refractivity contribution is -0.118. The van der Waals surface area contributed by atoms with Gasteiger partial charge in [-0.05, 0) is 21.9 Å². The van der Waals surface area contributed by atoms with Crippen LogP contribution in [0.1, 0.15) is 0 Å².